The molecule has 0 saturated carbocycles. The van der Waals surface area contributed by atoms with Gasteiger partial charge in [-0.15, -0.1) is 0 Å². The second-order valence-electron chi connectivity index (χ2n) is 10.4. The zero-order chi connectivity index (χ0) is 29.8. The standard InChI is InChI=1S/C30H34ClN5O5/c1-18(2)41-29(39)26-20(4)32-30(40)35(27(26)22-8-6-9-23(31)17-22)15-7-14-34(5)28(38)21-10-12-24(13-11-21)36-25(37)16-19(3)33-36/h6,8-13,17-18,27H,7,14-16H2,1-5H3,(H,32,40). The lowest BCUT2D eigenvalue weighted by atomic mass is 9.93. The Morgan fingerprint density at radius 2 is 1.85 bits per heavy atom. The third-order valence-corrected chi connectivity index (χ3v) is 7.02. The summed E-state index contributed by atoms with van der Waals surface area (Å²) in [6.07, 6.45) is 0.397. The predicted molar refractivity (Wildman–Crippen MR) is 157 cm³/mol. The molecule has 1 N–H and O–H groups in total. The number of nitrogens with zero attached hydrogens (tertiary/aromatic N) is 4. The van der Waals surface area contributed by atoms with Crippen molar-refractivity contribution in [3.05, 3.63) is 76.0 Å². The van der Waals surface area contributed by atoms with Crippen LogP contribution in [0.25, 0.3) is 0 Å². The Hall–Kier alpha value is -4.18. The highest BCUT2D eigenvalue weighted by Gasteiger charge is 2.38. The Morgan fingerprint density at radius 3 is 2.46 bits per heavy atom. The number of nitrogens with one attached hydrogen (secondary N) is 1. The predicted octanol–water partition coefficient (Wildman–Crippen LogP) is 4.91. The molecule has 0 saturated heterocycles. The molecule has 0 spiro atoms. The van der Waals surface area contributed by atoms with Gasteiger partial charge in [-0.25, -0.2) is 14.6 Å². The lowest BCUT2D eigenvalue weighted by Gasteiger charge is -2.38. The number of carbonyl (C=O) groups excluding carboxylic acids is 4. The van der Waals surface area contributed by atoms with Crippen molar-refractivity contribution in [2.75, 3.05) is 25.1 Å². The molecule has 0 bridgehead atoms. The minimum absolute atomic E-state index is 0.109. The summed E-state index contributed by atoms with van der Waals surface area (Å²) in [5, 5.41) is 8.84. The molecule has 4 rings (SSSR count). The van der Waals surface area contributed by atoms with E-state index in [1.54, 1.807) is 87.0 Å². The summed E-state index contributed by atoms with van der Waals surface area (Å²) in [5.41, 5.74) is 3.25. The molecule has 2 aliphatic heterocycles. The fraction of sp³-hybridized carbons (Fsp3) is 0.367. The summed E-state index contributed by atoms with van der Waals surface area (Å²) in [6.45, 7) is 7.62. The van der Waals surface area contributed by atoms with Gasteiger partial charge in [0.2, 0.25) is 0 Å². The Balaban J connectivity index is 1.47. The molecule has 1 unspecified atom stereocenters. The fourth-order valence-electron chi connectivity index (χ4n) is 4.88. The van der Waals surface area contributed by atoms with Crippen LogP contribution in [-0.4, -0.2) is 65.6 Å². The van der Waals surface area contributed by atoms with E-state index >= 15 is 0 Å². The summed E-state index contributed by atoms with van der Waals surface area (Å²) in [5.74, 6) is -0.822. The van der Waals surface area contributed by atoms with Crippen LogP contribution >= 0.6 is 11.6 Å². The molecule has 41 heavy (non-hydrogen) atoms. The normalized spacial score (nSPS) is 17.1. The molecule has 2 aliphatic rings. The van der Waals surface area contributed by atoms with E-state index < -0.39 is 12.0 Å². The number of ether oxygens (including phenoxy) is 1. The third-order valence-electron chi connectivity index (χ3n) is 6.78. The molecule has 2 heterocycles. The third kappa shape index (κ3) is 6.77. The van der Waals surface area contributed by atoms with Gasteiger partial charge in [-0.05, 0) is 76.1 Å². The number of esters is 1. The molecular formula is C30H34ClN5O5. The number of carbonyl (C=O) groups is 4. The molecule has 0 radical (unpaired) electrons. The molecule has 10 nitrogen and oxygen atoms in total. The number of hydrazone groups is 1. The Kier molecular flexibility index (Phi) is 9.12. The van der Waals surface area contributed by atoms with Crippen LogP contribution in [-0.2, 0) is 14.3 Å². The number of amides is 4. The zero-order valence-electron chi connectivity index (χ0n) is 23.8. The number of halogens is 1. The van der Waals surface area contributed by atoms with E-state index in [4.69, 9.17) is 16.3 Å². The van der Waals surface area contributed by atoms with Crippen molar-refractivity contribution in [2.45, 2.75) is 52.7 Å². The maximum Gasteiger partial charge on any atom is 0.338 e. The minimum Gasteiger partial charge on any atom is -0.459 e. The minimum atomic E-state index is -0.707. The van der Waals surface area contributed by atoms with Crippen LogP contribution in [0.5, 0.6) is 0 Å². The molecule has 1 atom stereocenters. The SMILES string of the molecule is CC1=NN(c2ccc(C(=O)N(C)CCCN3C(=O)NC(C)=C(C(=O)OC(C)C)C3c3cccc(Cl)c3)cc2)C(=O)C1. The Bertz CT molecular complexity index is 1420. The van der Waals surface area contributed by atoms with Crippen molar-refractivity contribution < 1.29 is 23.9 Å². The maximum absolute atomic E-state index is 13.2. The topological polar surface area (TPSA) is 112 Å². The second-order valence-corrected chi connectivity index (χ2v) is 10.9. The number of hydrogen-bond acceptors (Lipinski definition) is 6. The van der Waals surface area contributed by atoms with Gasteiger partial charge >= 0.3 is 12.0 Å². The summed E-state index contributed by atoms with van der Waals surface area (Å²) in [6, 6.07) is 12.7. The number of allylic oxidation sites excluding steroid dienone is 1. The highest BCUT2D eigenvalue weighted by molar-refractivity contribution is 6.30. The van der Waals surface area contributed by atoms with Crippen LogP contribution in [0, 0.1) is 0 Å². The van der Waals surface area contributed by atoms with Gasteiger partial charge in [0.25, 0.3) is 11.8 Å². The van der Waals surface area contributed by atoms with E-state index in [0.29, 0.717) is 46.1 Å². The van der Waals surface area contributed by atoms with E-state index in [0.717, 1.165) is 5.71 Å². The number of hydrogen-bond donors (Lipinski definition) is 1. The molecule has 216 valence electrons. The van der Waals surface area contributed by atoms with Crippen molar-refractivity contribution in [1.29, 1.82) is 0 Å². The molecule has 0 fully saturated rings. The van der Waals surface area contributed by atoms with Crippen LogP contribution in [0.1, 0.15) is 62.5 Å². The quantitative estimate of drug-likeness (QED) is 0.424. The smallest absolute Gasteiger partial charge is 0.338 e. The van der Waals surface area contributed by atoms with Gasteiger partial charge in [-0.2, -0.15) is 5.10 Å². The van der Waals surface area contributed by atoms with E-state index in [1.807, 2.05) is 6.07 Å². The molecular weight excluding hydrogens is 546 g/mol. The Labute approximate surface area is 244 Å². The fourth-order valence-corrected chi connectivity index (χ4v) is 5.08. The summed E-state index contributed by atoms with van der Waals surface area (Å²) in [4.78, 5) is 54.6. The van der Waals surface area contributed by atoms with E-state index in [1.165, 1.54) is 5.01 Å². The first-order valence-corrected chi connectivity index (χ1v) is 13.8. The summed E-state index contributed by atoms with van der Waals surface area (Å²) in [7, 11) is 1.69. The van der Waals surface area contributed by atoms with Gasteiger partial charge in [-0.1, -0.05) is 23.7 Å². The van der Waals surface area contributed by atoms with Crippen molar-refractivity contribution >= 4 is 46.8 Å². The monoisotopic (exact) mass is 579 g/mol. The maximum atomic E-state index is 13.2. The van der Waals surface area contributed by atoms with Gasteiger partial charge in [-0.3, -0.25) is 9.59 Å². The average molecular weight is 580 g/mol. The number of benzene rings is 2. The lowest BCUT2D eigenvalue weighted by molar-refractivity contribution is -0.143. The van der Waals surface area contributed by atoms with Crippen LogP contribution in [0.4, 0.5) is 10.5 Å². The van der Waals surface area contributed by atoms with Crippen molar-refractivity contribution in [2.24, 2.45) is 5.10 Å². The zero-order valence-corrected chi connectivity index (χ0v) is 24.6. The lowest BCUT2D eigenvalue weighted by Crippen LogP contribution is -2.49. The Morgan fingerprint density at radius 1 is 1.15 bits per heavy atom. The largest absolute Gasteiger partial charge is 0.459 e. The number of urea groups is 1. The second kappa shape index (κ2) is 12.6. The molecule has 4 amide bonds. The number of rotatable bonds is 9. The van der Waals surface area contributed by atoms with Crippen LogP contribution in [0.15, 0.2) is 64.9 Å². The number of anilines is 1. The molecule has 2 aromatic carbocycles. The van der Waals surface area contributed by atoms with E-state index in [9.17, 15) is 19.2 Å². The molecule has 0 aliphatic carbocycles. The van der Waals surface area contributed by atoms with Crippen molar-refractivity contribution in [1.82, 2.24) is 15.1 Å². The average Bonchev–Trinajstić information content (AvgIpc) is 3.26. The van der Waals surface area contributed by atoms with Gasteiger partial charge < -0.3 is 19.9 Å². The van der Waals surface area contributed by atoms with Gasteiger partial charge in [0.15, 0.2) is 0 Å². The van der Waals surface area contributed by atoms with Gasteiger partial charge in [0.05, 0.1) is 29.8 Å². The molecule has 2 aromatic rings. The molecule has 0 aromatic heterocycles. The van der Waals surface area contributed by atoms with Gasteiger partial charge in [0, 0.05) is 42.1 Å². The van der Waals surface area contributed by atoms with Crippen molar-refractivity contribution in [3.63, 3.8) is 0 Å². The van der Waals surface area contributed by atoms with Crippen LogP contribution in [0.3, 0.4) is 0 Å². The summed E-state index contributed by atoms with van der Waals surface area (Å²) < 4.78 is 5.51. The van der Waals surface area contributed by atoms with Gasteiger partial charge in [0.1, 0.15) is 0 Å². The molecule has 11 heteroatoms. The first-order valence-electron chi connectivity index (χ1n) is 13.4. The van der Waals surface area contributed by atoms with Crippen molar-refractivity contribution in [3.8, 4) is 0 Å². The highest BCUT2D eigenvalue weighted by Crippen LogP contribution is 2.35. The van der Waals surface area contributed by atoms with Crippen LogP contribution < -0.4 is 10.3 Å². The highest BCUT2D eigenvalue weighted by atomic mass is 35.5. The van der Waals surface area contributed by atoms with Crippen LogP contribution in [0.2, 0.25) is 5.02 Å². The van der Waals surface area contributed by atoms with E-state index in [2.05, 4.69) is 10.4 Å². The first kappa shape index (κ1) is 29.8. The van der Waals surface area contributed by atoms with E-state index in [-0.39, 0.29) is 36.9 Å². The first-order chi connectivity index (χ1) is 19.5. The summed E-state index contributed by atoms with van der Waals surface area (Å²) >= 11 is 6.27.